The van der Waals surface area contributed by atoms with Gasteiger partial charge in [-0.05, 0) is 55.9 Å². The first-order chi connectivity index (χ1) is 13.5. The molecule has 3 aromatic rings. The quantitative estimate of drug-likeness (QED) is 0.650. The van der Waals surface area contributed by atoms with Crippen molar-refractivity contribution in [2.45, 2.75) is 13.5 Å². The van der Waals surface area contributed by atoms with Crippen LogP contribution in [0.1, 0.15) is 16.7 Å². The molecule has 0 amide bonds. The Bertz CT molecular complexity index is 954. The summed E-state index contributed by atoms with van der Waals surface area (Å²) < 4.78 is 5.78. The van der Waals surface area contributed by atoms with Crippen molar-refractivity contribution in [1.29, 1.82) is 0 Å². The maximum Gasteiger partial charge on any atom is 0.321 e. The first kappa shape index (κ1) is 19.4. The van der Waals surface area contributed by atoms with Crippen molar-refractivity contribution in [1.82, 2.24) is 14.9 Å². The van der Waals surface area contributed by atoms with Gasteiger partial charge in [0.1, 0.15) is 5.75 Å². The summed E-state index contributed by atoms with van der Waals surface area (Å²) in [7, 11) is 4.09. The van der Waals surface area contributed by atoms with E-state index in [1.807, 2.05) is 51.4 Å². The highest BCUT2D eigenvalue weighted by Gasteiger charge is 2.05. The molecule has 3 N–H and O–H groups in total. The van der Waals surface area contributed by atoms with Crippen LogP contribution in [0.4, 0.5) is 5.69 Å². The highest BCUT2D eigenvalue weighted by atomic mass is 16.5. The summed E-state index contributed by atoms with van der Waals surface area (Å²) in [5.74, 6) is 0.691. The van der Waals surface area contributed by atoms with Gasteiger partial charge in [0.2, 0.25) is 0 Å². The summed E-state index contributed by atoms with van der Waals surface area (Å²) in [5.41, 5.74) is 11.0. The maximum absolute atomic E-state index is 6.27. The van der Waals surface area contributed by atoms with Gasteiger partial charge in [-0.3, -0.25) is 0 Å². The molecular weight excluding hydrogens is 350 g/mol. The zero-order valence-corrected chi connectivity index (χ0v) is 16.4. The van der Waals surface area contributed by atoms with Crippen molar-refractivity contribution >= 4 is 11.4 Å². The summed E-state index contributed by atoms with van der Waals surface area (Å²) in [6.07, 6.45) is 5.09. The fourth-order valence-corrected chi connectivity index (χ4v) is 2.70. The topological polar surface area (TPSA) is 76.3 Å². The number of aryl methyl sites for hydroxylation is 1. The fraction of sp³-hybridized carbons (Fsp3) is 0.182. The smallest absolute Gasteiger partial charge is 0.321 e. The van der Waals surface area contributed by atoms with Crippen LogP contribution in [0.25, 0.3) is 5.70 Å². The Morgan fingerprint density at radius 1 is 1.11 bits per heavy atom. The second kappa shape index (κ2) is 9.01. The minimum absolute atomic E-state index is 0.315. The molecule has 0 saturated carbocycles. The summed E-state index contributed by atoms with van der Waals surface area (Å²) in [6.45, 7) is 2.84. The van der Waals surface area contributed by atoms with Crippen molar-refractivity contribution < 1.29 is 4.74 Å². The van der Waals surface area contributed by atoms with Crippen LogP contribution in [0.3, 0.4) is 0 Å². The maximum atomic E-state index is 6.27. The van der Waals surface area contributed by atoms with Gasteiger partial charge in [-0.1, -0.05) is 24.3 Å². The Morgan fingerprint density at radius 2 is 1.89 bits per heavy atom. The van der Waals surface area contributed by atoms with Crippen molar-refractivity contribution in [3.63, 3.8) is 0 Å². The molecule has 0 fully saturated rings. The van der Waals surface area contributed by atoms with Crippen molar-refractivity contribution in [2.24, 2.45) is 5.73 Å². The Labute approximate surface area is 165 Å². The highest BCUT2D eigenvalue weighted by Crippen LogP contribution is 2.26. The van der Waals surface area contributed by atoms with Crippen LogP contribution >= 0.6 is 0 Å². The number of anilines is 1. The molecule has 6 nitrogen and oxygen atoms in total. The van der Waals surface area contributed by atoms with E-state index in [0.29, 0.717) is 17.5 Å². The summed E-state index contributed by atoms with van der Waals surface area (Å²) in [6, 6.07) is 16.1. The van der Waals surface area contributed by atoms with Crippen LogP contribution in [-0.2, 0) is 6.54 Å². The van der Waals surface area contributed by atoms with Crippen molar-refractivity contribution in [3.05, 3.63) is 83.8 Å². The average Bonchev–Trinajstić information content (AvgIpc) is 2.69. The van der Waals surface area contributed by atoms with Gasteiger partial charge < -0.3 is 20.7 Å². The van der Waals surface area contributed by atoms with E-state index in [0.717, 1.165) is 23.4 Å². The molecule has 144 valence electrons. The number of nitrogens with zero attached hydrogens (tertiary/aromatic N) is 3. The molecule has 0 aliphatic carbocycles. The summed E-state index contributed by atoms with van der Waals surface area (Å²) in [4.78, 5) is 10.3. The molecule has 0 unspecified atom stereocenters. The first-order valence-corrected chi connectivity index (χ1v) is 9.03. The molecule has 1 aromatic heterocycles. The third kappa shape index (κ3) is 5.31. The van der Waals surface area contributed by atoms with Gasteiger partial charge in [0.15, 0.2) is 0 Å². The Morgan fingerprint density at radius 3 is 2.64 bits per heavy atom. The van der Waals surface area contributed by atoms with Gasteiger partial charge in [-0.15, -0.1) is 0 Å². The molecule has 6 heteroatoms. The number of nitrogens with two attached hydrogens (primary N) is 1. The van der Waals surface area contributed by atoms with Gasteiger partial charge in [-0.2, -0.15) is 0 Å². The Kier molecular flexibility index (Phi) is 6.24. The third-order valence-electron chi connectivity index (χ3n) is 4.08. The molecule has 0 radical (unpaired) electrons. The number of hydrogen-bond donors (Lipinski definition) is 2. The van der Waals surface area contributed by atoms with Gasteiger partial charge in [-0.25, -0.2) is 9.97 Å². The minimum atomic E-state index is 0.315. The van der Waals surface area contributed by atoms with E-state index in [1.165, 1.54) is 5.56 Å². The molecule has 0 aliphatic rings. The van der Waals surface area contributed by atoms with Crippen LogP contribution in [0.15, 0.2) is 67.1 Å². The molecule has 0 saturated heterocycles. The van der Waals surface area contributed by atoms with E-state index < -0.39 is 0 Å². The lowest BCUT2D eigenvalue weighted by Gasteiger charge is -2.12. The zero-order valence-electron chi connectivity index (χ0n) is 16.4. The van der Waals surface area contributed by atoms with Crippen molar-refractivity contribution in [2.75, 3.05) is 19.4 Å². The van der Waals surface area contributed by atoms with Gasteiger partial charge in [0.05, 0.1) is 5.70 Å². The Balaban J connectivity index is 1.74. The molecule has 28 heavy (non-hydrogen) atoms. The summed E-state index contributed by atoms with van der Waals surface area (Å²) in [5, 5.41) is 3.24. The van der Waals surface area contributed by atoms with Gasteiger partial charge in [0.25, 0.3) is 0 Å². The van der Waals surface area contributed by atoms with Gasteiger partial charge >= 0.3 is 6.01 Å². The third-order valence-corrected chi connectivity index (χ3v) is 4.08. The molecule has 0 aliphatic heterocycles. The summed E-state index contributed by atoms with van der Waals surface area (Å²) >= 11 is 0. The second-order valence-electron chi connectivity index (χ2n) is 6.80. The standard InChI is InChI=1S/C22H25N5O/c1-16-8-9-19(13-21(16)28-22-24-10-5-11-25-22)26-14-20(23)18-7-4-6-17(12-18)15-27(2)3/h4-14,26H,15,23H2,1-3H3/b20-14-. The van der Waals surface area contributed by atoms with E-state index in [1.54, 1.807) is 24.7 Å². The number of hydrogen-bond acceptors (Lipinski definition) is 6. The van der Waals surface area contributed by atoms with E-state index in [4.69, 9.17) is 10.5 Å². The van der Waals surface area contributed by atoms with E-state index in [-0.39, 0.29) is 0 Å². The molecule has 0 atom stereocenters. The van der Waals surface area contributed by atoms with E-state index in [2.05, 4.69) is 32.3 Å². The average molecular weight is 375 g/mol. The number of benzene rings is 2. The lowest BCUT2D eigenvalue weighted by Crippen LogP contribution is -2.11. The molecule has 3 rings (SSSR count). The number of aromatic nitrogens is 2. The molecule has 1 heterocycles. The minimum Gasteiger partial charge on any atom is -0.424 e. The molecule has 2 aromatic carbocycles. The van der Waals surface area contributed by atoms with Crippen LogP contribution < -0.4 is 15.8 Å². The van der Waals surface area contributed by atoms with Crippen molar-refractivity contribution in [3.8, 4) is 11.8 Å². The monoisotopic (exact) mass is 375 g/mol. The number of nitrogens with one attached hydrogen (secondary N) is 1. The number of ether oxygens (including phenoxy) is 1. The van der Waals surface area contributed by atoms with Crippen LogP contribution in [-0.4, -0.2) is 29.0 Å². The molecule has 0 spiro atoms. The zero-order chi connectivity index (χ0) is 19.9. The predicted molar refractivity (Wildman–Crippen MR) is 113 cm³/mol. The fourth-order valence-electron chi connectivity index (χ4n) is 2.70. The van der Waals surface area contributed by atoms with Crippen LogP contribution in [0, 0.1) is 6.92 Å². The van der Waals surface area contributed by atoms with Crippen LogP contribution in [0.2, 0.25) is 0 Å². The number of rotatable bonds is 7. The van der Waals surface area contributed by atoms with Crippen LogP contribution in [0.5, 0.6) is 11.8 Å². The SMILES string of the molecule is Cc1ccc(N/C=C(\N)c2cccc(CN(C)C)c2)cc1Oc1ncccn1. The lowest BCUT2D eigenvalue weighted by molar-refractivity contribution is 0.402. The van der Waals surface area contributed by atoms with Gasteiger partial charge in [0, 0.05) is 36.9 Å². The second-order valence-corrected chi connectivity index (χ2v) is 6.80. The highest BCUT2D eigenvalue weighted by molar-refractivity contribution is 5.66. The lowest BCUT2D eigenvalue weighted by atomic mass is 10.1. The Hall–Kier alpha value is -3.38. The predicted octanol–water partition coefficient (Wildman–Crippen LogP) is 4.01. The van der Waals surface area contributed by atoms with E-state index >= 15 is 0 Å². The largest absolute Gasteiger partial charge is 0.424 e. The normalized spacial score (nSPS) is 11.5. The molecular formula is C22H25N5O. The van der Waals surface area contributed by atoms with E-state index in [9.17, 15) is 0 Å². The first-order valence-electron chi connectivity index (χ1n) is 9.03. The molecule has 0 bridgehead atoms.